The Balaban J connectivity index is 1.41. The number of anilines is 1. The zero-order valence-corrected chi connectivity index (χ0v) is 14.1. The highest BCUT2D eigenvalue weighted by molar-refractivity contribution is 9.10. The van der Waals surface area contributed by atoms with Crippen molar-refractivity contribution in [2.45, 2.75) is 25.0 Å². The second kappa shape index (κ2) is 7.08. The van der Waals surface area contributed by atoms with Gasteiger partial charge in [-0.1, -0.05) is 12.1 Å². The smallest absolute Gasteiger partial charge is 0.225 e. The second-order valence-corrected chi connectivity index (χ2v) is 6.58. The standard InChI is InChI=1S/C16H21BrN2O3/c17-13-3-1-2-4-14(13)18-15(20)5-8-19-9-6-16(7-10-19)21-11-12-22-16/h1-4H,5-12H2,(H,18,20). The quantitative estimate of drug-likeness (QED) is 0.887. The lowest BCUT2D eigenvalue weighted by molar-refractivity contribution is -0.185. The highest BCUT2D eigenvalue weighted by Crippen LogP contribution is 2.31. The Kier molecular flexibility index (Phi) is 5.13. The molecule has 5 nitrogen and oxygen atoms in total. The number of hydrogen-bond donors (Lipinski definition) is 1. The van der Waals surface area contributed by atoms with Crippen LogP contribution in [-0.4, -0.2) is 49.4 Å². The van der Waals surface area contributed by atoms with Crippen molar-refractivity contribution < 1.29 is 14.3 Å². The largest absolute Gasteiger partial charge is 0.347 e. The predicted molar refractivity (Wildman–Crippen MR) is 87.7 cm³/mol. The minimum absolute atomic E-state index is 0.0422. The number of carbonyl (C=O) groups excluding carboxylic acids is 1. The summed E-state index contributed by atoms with van der Waals surface area (Å²) in [6, 6.07) is 7.64. The third-order valence-corrected chi connectivity index (χ3v) is 4.93. The summed E-state index contributed by atoms with van der Waals surface area (Å²) in [6.07, 6.45) is 2.27. The fourth-order valence-electron chi connectivity index (χ4n) is 2.94. The normalized spacial score (nSPS) is 21.1. The molecule has 0 unspecified atom stereocenters. The minimum atomic E-state index is -0.340. The van der Waals surface area contributed by atoms with Gasteiger partial charge in [0.1, 0.15) is 0 Å². The second-order valence-electron chi connectivity index (χ2n) is 5.73. The summed E-state index contributed by atoms with van der Waals surface area (Å²) in [4.78, 5) is 14.4. The van der Waals surface area contributed by atoms with Crippen LogP contribution in [-0.2, 0) is 14.3 Å². The molecule has 1 aromatic carbocycles. The van der Waals surface area contributed by atoms with Gasteiger partial charge in [0, 0.05) is 43.4 Å². The van der Waals surface area contributed by atoms with Crippen LogP contribution in [0.4, 0.5) is 5.69 Å². The van der Waals surface area contributed by atoms with Crippen LogP contribution in [0.1, 0.15) is 19.3 Å². The van der Waals surface area contributed by atoms with Crippen LogP contribution in [0.2, 0.25) is 0 Å². The summed E-state index contributed by atoms with van der Waals surface area (Å²) >= 11 is 3.43. The Morgan fingerprint density at radius 1 is 1.23 bits per heavy atom. The molecular formula is C16H21BrN2O3. The van der Waals surface area contributed by atoms with Gasteiger partial charge in [-0.25, -0.2) is 0 Å². The van der Waals surface area contributed by atoms with E-state index >= 15 is 0 Å². The van der Waals surface area contributed by atoms with E-state index in [0.29, 0.717) is 19.6 Å². The molecule has 0 bridgehead atoms. The topological polar surface area (TPSA) is 50.8 Å². The van der Waals surface area contributed by atoms with Crippen molar-refractivity contribution in [3.63, 3.8) is 0 Å². The molecule has 2 heterocycles. The Bertz CT molecular complexity index is 522. The molecule has 0 aliphatic carbocycles. The molecule has 22 heavy (non-hydrogen) atoms. The summed E-state index contributed by atoms with van der Waals surface area (Å²) in [5, 5.41) is 2.94. The third-order valence-electron chi connectivity index (χ3n) is 4.23. The number of likely N-dealkylation sites (tertiary alicyclic amines) is 1. The van der Waals surface area contributed by atoms with Gasteiger partial charge in [-0.15, -0.1) is 0 Å². The first kappa shape index (κ1) is 15.9. The molecule has 2 fully saturated rings. The molecule has 120 valence electrons. The predicted octanol–water partition coefficient (Wildman–Crippen LogP) is 2.62. The molecule has 1 N–H and O–H groups in total. The molecule has 0 saturated carbocycles. The molecule has 0 aromatic heterocycles. The number of hydrogen-bond acceptors (Lipinski definition) is 4. The van der Waals surface area contributed by atoms with Crippen molar-refractivity contribution in [3.05, 3.63) is 28.7 Å². The van der Waals surface area contributed by atoms with Crippen LogP contribution in [0.5, 0.6) is 0 Å². The van der Waals surface area contributed by atoms with Crippen LogP contribution in [0.25, 0.3) is 0 Å². The maximum absolute atomic E-state index is 12.0. The van der Waals surface area contributed by atoms with Gasteiger partial charge in [0.15, 0.2) is 5.79 Å². The van der Waals surface area contributed by atoms with Crippen molar-refractivity contribution in [1.29, 1.82) is 0 Å². The molecule has 1 aromatic rings. The summed E-state index contributed by atoms with van der Waals surface area (Å²) in [6.45, 7) is 4.01. The van der Waals surface area contributed by atoms with Crippen LogP contribution in [0, 0.1) is 0 Å². The number of benzene rings is 1. The Morgan fingerprint density at radius 2 is 1.91 bits per heavy atom. The number of carbonyl (C=O) groups is 1. The number of piperidine rings is 1. The van der Waals surface area contributed by atoms with Gasteiger partial charge in [-0.2, -0.15) is 0 Å². The van der Waals surface area contributed by atoms with Crippen molar-refractivity contribution in [2.24, 2.45) is 0 Å². The number of halogens is 1. The van der Waals surface area contributed by atoms with E-state index in [2.05, 4.69) is 26.1 Å². The molecule has 2 saturated heterocycles. The number of para-hydroxylation sites is 1. The molecule has 0 atom stereocenters. The maximum atomic E-state index is 12.0. The summed E-state index contributed by atoms with van der Waals surface area (Å²) < 4.78 is 12.3. The molecular weight excluding hydrogens is 348 g/mol. The van der Waals surface area contributed by atoms with E-state index in [1.54, 1.807) is 0 Å². The van der Waals surface area contributed by atoms with Crippen molar-refractivity contribution in [1.82, 2.24) is 4.90 Å². The van der Waals surface area contributed by atoms with Gasteiger partial charge >= 0.3 is 0 Å². The molecule has 1 spiro atoms. The molecule has 0 radical (unpaired) electrons. The summed E-state index contributed by atoms with van der Waals surface area (Å²) in [5.74, 6) is -0.297. The molecule has 1 amide bonds. The zero-order valence-electron chi connectivity index (χ0n) is 12.5. The first-order chi connectivity index (χ1) is 10.7. The lowest BCUT2D eigenvalue weighted by atomic mass is 10.0. The van der Waals surface area contributed by atoms with Gasteiger partial charge in [0.05, 0.1) is 18.9 Å². The van der Waals surface area contributed by atoms with Gasteiger partial charge < -0.3 is 19.7 Å². The van der Waals surface area contributed by atoms with Crippen molar-refractivity contribution >= 4 is 27.5 Å². The van der Waals surface area contributed by atoms with E-state index in [1.807, 2.05) is 24.3 Å². The summed E-state index contributed by atoms with van der Waals surface area (Å²) in [5.41, 5.74) is 0.817. The number of rotatable bonds is 4. The van der Waals surface area contributed by atoms with Crippen molar-refractivity contribution in [3.8, 4) is 0 Å². The Hall–Kier alpha value is -0.950. The van der Waals surface area contributed by atoms with Gasteiger partial charge in [0.25, 0.3) is 0 Å². The maximum Gasteiger partial charge on any atom is 0.225 e. The molecule has 3 rings (SSSR count). The fourth-order valence-corrected chi connectivity index (χ4v) is 3.32. The van der Waals surface area contributed by atoms with Crippen LogP contribution in [0.15, 0.2) is 28.7 Å². The van der Waals surface area contributed by atoms with E-state index in [9.17, 15) is 4.79 Å². The first-order valence-electron chi connectivity index (χ1n) is 7.72. The van der Waals surface area contributed by atoms with E-state index in [0.717, 1.165) is 42.6 Å². The average Bonchev–Trinajstić information content (AvgIpc) is 2.97. The minimum Gasteiger partial charge on any atom is -0.347 e. The van der Waals surface area contributed by atoms with E-state index in [-0.39, 0.29) is 11.7 Å². The highest BCUT2D eigenvalue weighted by atomic mass is 79.9. The van der Waals surface area contributed by atoms with Gasteiger partial charge in [-0.3, -0.25) is 4.79 Å². The third kappa shape index (κ3) is 3.87. The van der Waals surface area contributed by atoms with Crippen LogP contribution < -0.4 is 5.32 Å². The SMILES string of the molecule is O=C(CCN1CCC2(CC1)OCCO2)Nc1ccccc1Br. The average molecular weight is 369 g/mol. The van der Waals surface area contributed by atoms with Gasteiger partial charge in [-0.05, 0) is 28.1 Å². The summed E-state index contributed by atoms with van der Waals surface area (Å²) in [7, 11) is 0. The lowest BCUT2D eigenvalue weighted by Gasteiger charge is -2.37. The van der Waals surface area contributed by atoms with Crippen LogP contribution >= 0.6 is 15.9 Å². The Morgan fingerprint density at radius 3 is 2.59 bits per heavy atom. The fraction of sp³-hybridized carbons (Fsp3) is 0.562. The number of amides is 1. The highest BCUT2D eigenvalue weighted by Gasteiger charge is 2.39. The zero-order chi connectivity index (χ0) is 15.4. The van der Waals surface area contributed by atoms with E-state index < -0.39 is 0 Å². The number of ether oxygens (including phenoxy) is 2. The lowest BCUT2D eigenvalue weighted by Crippen LogP contribution is -2.45. The van der Waals surface area contributed by atoms with E-state index in [4.69, 9.17) is 9.47 Å². The van der Waals surface area contributed by atoms with Crippen LogP contribution in [0.3, 0.4) is 0 Å². The van der Waals surface area contributed by atoms with Crippen molar-refractivity contribution in [2.75, 3.05) is 38.2 Å². The van der Waals surface area contributed by atoms with E-state index in [1.165, 1.54) is 0 Å². The molecule has 6 heteroatoms. The number of nitrogens with zero attached hydrogens (tertiary/aromatic N) is 1. The Labute approximate surface area is 139 Å². The molecule has 2 aliphatic heterocycles. The van der Waals surface area contributed by atoms with Gasteiger partial charge in [0.2, 0.25) is 5.91 Å². The number of nitrogens with one attached hydrogen (secondary N) is 1. The molecule has 2 aliphatic rings. The monoisotopic (exact) mass is 368 g/mol. The first-order valence-corrected chi connectivity index (χ1v) is 8.51.